The molecule has 0 saturated carbocycles. The first-order valence-electron chi connectivity index (χ1n) is 5.99. The third kappa shape index (κ3) is 3.69. The molecule has 0 spiro atoms. The van der Waals surface area contributed by atoms with Crippen LogP contribution in [0.25, 0.3) is 0 Å². The van der Waals surface area contributed by atoms with Crippen molar-refractivity contribution < 1.29 is 5.11 Å². The van der Waals surface area contributed by atoms with Gasteiger partial charge in [0.05, 0.1) is 5.69 Å². The summed E-state index contributed by atoms with van der Waals surface area (Å²) < 4.78 is 0. The molecule has 0 saturated heterocycles. The van der Waals surface area contributed by atoms with Crippen molar-refractivity contribution >= 4 is 28.7 Å². The number of phenols is 1. The minimum absolute atomic E-state index is 0.179. The Bertz CT molecular complexity index is 594. The first-order chi connectivity index (χ1) is 9.04. The van der Waals surface area contributed by atoms with Crippen LogP contribution >= 0.6 is 12.2 Å². The normalized spacial score (nSPS) is 10.0. The van der Waals surface area contributed by atoms with Crippen LogP contribution in [0.2, 0.25) is 0 Å². The lowest BCUT2D eigenvalue weighted by atomic mass is 10.2. The number of aromatic hydroxyl groups is 1. The van der Waals surface area contributed by atoms with Gasteiger partial charge >= 0.3 is 0 Å². The zero-order chi connectivity index (χ0) is 13.8. The molecule has 4 heteroatoms. The van der Waals surface area contributed by atoms with Crippen LogP contribution in [-0.4, -0.2) is 10.2 Å². The summed E-state index contributed by atoms with van der Waals surface area (Å²) in [5.74, 6) is 0.179. The number of nitrogens with one attached hydrogen (secondary N) is 2. The first kappa shape index (κ1) is 13.4. The van der Waals surface area contributed by atoms with Crippen molar-refractivity contribution in [1.82, 2.24) is 0 Å². The predicted octanol–water partition coefficient (Wildman–Crippen LogP) is 3.82. The van der Waals surface area contributed by atoms with Crippen LogP contribution in [-0.2, 0) is 0 Å². The van der Waals surface area contributed by atoms with Crippen LogP contribution in [0.5, 0.6) is 5.75 Å². The van der Waals surface area contributed by atoms with Crippen molar-refractivity contribution in [3.05, 3.63) is 53.6 Å². The van der Waals surface area contributed by atoms with Gasteiger partial charge in [0.15, 0.2) is 5.11 Å². The van der Waals surface area contributed by atoms with Gasteiger partial charge in [-0.05, 0) is 55.9 Å². The Labute approximate surface area is 118 Å². The zero-order valence-corrected chi connectivity index (χ0v) is 11.7. The van der Waals surface area contributed by atoms with E-state index in [1.54, 1.807) is 6.07 Å². The number of phenolic OH excluding ortho intramolecular Hbond substituents is 1. The standard InChI is InChI=1S/C15H16N2OS/c1-10-3-6-12(7-4-10)16-15(19)17-13-9-11(2)5-8-14(13)18/h3-9,18H,1-2H3,(H2,16,17,19). The third-order valence-corrected chi connectivity index (χ3v) is 2.91. The molecule has 0 radical (unpaired) electrons. The topological polar surface area (TPSA) is 44.3 Å². The Kier molecular flexibility index (Phi) is 4.02. The van der Waals surface area contributed by atoms with Crippen LogP contribution in [0.4, 0.5) is 11.4 Å². The highest BCUT2D eigenvalue weighted by Gasteiger charge is 2.04. The van der Waals surface area contributed by atoms with E-state index >= 15 is 0 Å². The maximum Gasteiger partial charge on any atom is 0.175 e. The molecule has 0 aliphatic rings. The maximum absolute atomic E-state index is 9.74. The molecule has 98 valence electrons. The van der Waals surface area contributed by atoms with Gasteiger partial charge in [-0.15, -0.1) is 0 Å². The number of thiocarbonyl (C=S) groups is 1. The molecule has 3 N–H and O–H groups in total. The molecule has 2 aromatic carbocycles. The summed E-state index contributed by atoms with van der Waals surface area (Å²) >= 11 is 5.22. The summed E-state index contributed by atoms with van der Waals surface area (Å²) in [7, 11) is 0. The Hall–Kier alpha value is -2.07. The van der Waals surface area contributed by atoms with Gasteiger partial charge in [-0.1, -0.05) is 23.8 Å². The first-order valence-corrected chi connectivity index (χ1v) is 6.40. The lowest BCUT2D eigenvalue weighted by molar-refractivity contribution is 0.478. The van der Waals surface area contributed by atoms with Crippen molar-refractivity contribution in [2.75, 3.05) is 10.6 Å². The molecule has 0 unspecified atom stereocenters. The van der Waals surface area contributed by atoms with Crippen LogP contribution in [0, 0.1) is 13.8 Å². The van der Waals surface area contributed by atoms with Crippen molar-refractivity contribution in [1.29, 1.82) is 0 Å². The van der Waals surface area contributed by atoms with Gasteiger partial charge in [-0.3, -0.25) is 0 Å². The van der Waals surface area contributed by atoms with E-state index in [9.17, 15) is 5.11 Å². The second-order valence-corrected chi connectivity index (χ2v) is 4.87. The van der Waals surface area contributed by atoms with Gasteiger partial charge < -0.3 is 15.7 Å². The summed E-state index contributed by atoms with van der Waals surface area (Å²) in [6.45, 7) is 3.99. The monoisotopic (exact) mass is 272 g/mol. The van der Waals surface area contributed by atoms with E-state index in [-0.39, 0.29) is 5.75 Å². The fraction of sp³-hybridized carbons (Fsp3) is 0.133. The smallest absolute Gasteiger partial charge is 0.175 e. The highest BCUT2D eigenvalue weighted by Crippen LogP contribution is 2.24. The van der Waals surface area contributed by atoms with Crippen molar-refractivity contribution in [2.24, 2.45) is 0 Å². The zero-order valence-electron chi connectivity index (χ0n) is 10.9. The van der Waals surface area contributed by atoms with E-state index in [0.29, 0.717) is 10.8 Å². The molecule has 0 fully saturated rings. The summed E-state index contributed by atoms with van der Waals surface area (Å²) in [5.41, 5.74) is 3.76. The number of anilines is 2. The number of hydrogen-bond donors (Lipinski definition) is 3. The molecule has 2 rings (SSSR count). The number of hydrogen-bond acceptors (Lipinski definition) is 2. The van der Waals surface area contributed by atoms with Crippen LogP contribution in [0.3, 0.4) is 0 Å². The highest BCUT2D eigenvalue weighted by molar-refractivity contribution is 7.80. The predicted molar refractivity (Wildman–Crippen MR) is 83.9 cm³/mol. The molecule has 0 aromatic heterocycles. The molecule has 19 heavy (non-hydrogen) atoms. The highest BCUT2D eigenvalue weighted by atomic mass is 32.1. The van der Waals surface area contributed by atoms with Crippen LogP contribution in [0.1, 0.15) is 11.1 Å². The average Bonchev–Trinajstić information content (AvgIpc) is 2.37. The van der Waals surface area contributed by atoms with E-state index in [1.807, 2.05) is 50.2 Å². The third-order valence-electron chi connectivity index (χ3n) is 2.71. The van der Waals surface area contributed by atoms with E-state index in [1.165, 1.54) is 5.56 Å². The lowest BCUT2D eigenvalue weighted by Crippen LogP contribution is -2.19. The molecule has 0 amide bonds. The van der Waals surface area contributed by atoms with Crippen LogP contribution < -0.4 is 10.6 Å². The van der Waals surface area contributed by atoms with E-state index in [0.717, 1.165) is 11.3 Å². The van der Waals surface area contributed by atoms with Gasteiger partial charge in [0.2, 0.25) is 0 Å². The summed E-state index contributed by atoms with van der Waals surface area (Å²) in [5, 5.41) is 16.2. The van der Waals surface area contributed by atoms with Gasteiger partial charge in [0.1, 0.15) is 5.75 Å². The van der Waals surface area contributed by atoms with Crippen molar-refractivity contribution in [3.63, 3.8) is 0 Å². The Balaban J connectivity index is 2.05. The Morgan fingerprint density at radius 3 is 2.26 bits per heavy atom. The largest absolute Gasteiger partial charge is 0.506 e. The minimum atomic E-state index is 0.179. The van der Waals surface area contributed by atoms with Gasteiger partial charge in [0.25, 0.3) is 0 Å². The number of rotatable bonds is 2. The van der Waals surface area contributed by atoms with Gasteiger partial charge in [-0.25, -0.2) is 0 Å². The number of benzene rings is 2. The summed E-state index contributed by atoms with van der Waals surface area (Å²) in [6.07, 6.45) is 0. The quantitative estimate of drug-likeness (QED) is 0.574. The van der Waals surface area contributed by atoms with E-state index < -0.39 is 0 Å². The maximum atomic E-state index is 9.74. The lowest BCUT2D eigenvalue weighted by Gasteiger charge is -2.12. The molecule has 0 bridgehead atoms. The average molecular weight is 272 g/mol. The van der Waals surface area contributed by atoms with E-state index in [4.69, 9.17) is 12.2 Å². The molecule has 0 aliphatic heterocycles. The second kappa shape index (κ2) is 5.71. The molecule has 0 heterocycles. The molecule has 2 aromatic rings. The van der Waals surface area contributed by atoms with Crippen molar-refractivity contribution in [3.8, 4) is 5.75 Å². The summed E-state index contributed by atoms with van der Waals surface area (Å²) in [4.78, 5) is 0. The molecule has 0 atom stereocenters. The van der Waals surface area contributed by atoms with Crippen LogP contribution in [0.15, 0.2) is 42.5 Å². The summed E-state index contributed by atoms with van der Waals surface area (Å²) in [6, 6.07) is 13.3. The van der Waals surface area contributed by atoms with Crippen molar-refractivity contribution in [2.45, 2.75) is 13.8 Å². The Morgan fingerprint density at radius 2 is 1.58 bits per heavy atom. The second-order valence-electron chi connectivity index (χ2n) is 4.47. The SMILES string of the molecule is Cc1ccc(NC(=S)Nc2cc(C)ccc2O)cc1. The number of aryl methyl sites for hydroxylation is 2. The fourth-order valence-electron chi connectivity index (χ4n) is 1.67. The van der Waals surface area contributed by atoms with E-state index in [2.05, 4.69) is 10.6 Å². The molecule has 0 aliphatic carbocycles. The van der Waals surface area contributed by atoms with Gasteiger partial charge in [0, 0.05) is 5.69 Å². The molecular formula is C15H16N2OS. The van der Waals surface area contributed by atoms with Gasteiger partial charge in [-0.2, -0.15) is 0 Å². The molecular weight excluding hydrogens is 256 g/mol. The fourth-order valence-corrected chi connectivity index (χ4v) is 1.90. The molecule has 3 nitrogen and oxygen atoms in total. The Morgan fingerprint density at radius 1 is 0.947 bits per heavy atom. The minimum Gasteiger partial charge on any atom is -0.506 e.